The third-order valence-electron chi connectivity index (χ3n) is 9.68. The van der Waals surface area contributed by atoms with E-state index in [0.29, 0.717) is 5.89 Å². The molecule has 0 aliphatic rings. The average molecular weight is 655 g/mol. The molecule has 0 bridgehead atoms. The van der Waals surface area contributed by atoms with Crippen LogP contribution in [0.25, 0.3) is 77.5 Å². The highest BCUT2D eigenvalue weighted by Crippen LogP contribution is 2.41. The molecular formula is C47H30N2O2. The van der Waals surface area contributed by atoms with Gasteiger partial charge >= 0.3 is 0 Å². The Balaban J connectivity index is 1.10. The van der Waals surface area contributed by atoms with Gasteiger partial charge in [-0.25, -0.2) is 4.98 Å². The fourth-order valence-corrected chi connectivity index (χ4v) is 7.17. The van der Waals surface area contributed by atoms with Gasteiger partial charge < -0.3 is 13.7 Å². The summed E-state index contributed by atoms with van der Waals surface area (Å²) in [7, 11) is 0. The summed E-state index contributed by atoms with van der Waals surface area (Å²) in [5, 5.41) is 4.65. The van der Waals surface area contributed by atoms with E-state index in [1.807, 2.05) is 54.6 Å². The van der Waals surface area contributed by atoms with E-state index in [4.69, 9.17) is 13.8 Å². The highest BCUT2D eigenvalue weighted by molar-refractivity contribution is 6.06. The first kappa shape index (κ1) is 29.0. The number of hydrogen-bond donors (Lipinski definition) is 0. The number of hydrogen-bond acceptors (Lipinski definition) is 4. The predicted molar refractivity (Wildman–Crippen MR) is 210 cm³/mol. The van der Waals surface area contributed by atoms with Crippen molar-refractivity contribution in [2.45, 2.75) is 0 Å². The van der Waals surface area contributed by atoms with Gasteiger partial charge in [-0.3, -0.25) is 0 Å². The second-order valence-electron chi connectivity index (χ2n) is 12.8. The Morgan fingerprint density at radius 1 is 0.373 bits per heavy atom. The number of nitrogens with zero attached hydrogens (tertiary/aromatic N) is 2. The summed E-state index contributed by atoms with van der Waals surface area (Å²) in [5.74, 6) is 0.620. The van der Waals surface area contributed by atoms with Gasteiger partial charge in [0.1, 0.15) is 16.7 Å². The normalized spacial score (nSPS) is 11.5. The molecule has 10 aromatic rings. The molecule has 2 heterocycles. The molecule has 0 aliphatic carbocycles. The lowest BCUT2D eigenvalue weighted by molar-refractivity contribution is 0.620. The lowest BCUT2D eigenvalue weighted by Gasteiger charge is -2.26. The van der Waals surface area contributed by atoms with Crippen molar-refractivity contribution in [3.05, 3.63) is 182 Å². The van der Waals surface area contributed by atoms with Gasteiger partial charge in [-0.2, -0.15) is 0 Å². The monoisotopic (exact) mass is 654 g/mol. The van der Waals surface area contributed by atoms with Crippen LogP contribution in [0.3, 0.4) is 0 Å². The van der Waals surface area contributed by atoms with Gasteiger partial charge in [0.05, 0.1) is 0 Å². The van der Waals surface area contributed by atoms with Crippen molar-refractivity contribution in [2.24, 2.45) is 0 Å². The number of oxazole rings is 1. The van der Waals surface area contributed by atoms with Gasteiger partial charge in [0.2, 0.25) is 5.89 Å². The quantitative estimate of drug-likeness (QED) is 0.179. The zero-order chi connectivity index (χ0) is 33.7. The van der Waals surface area contributed by atoms with Crippen molar-refractivity contribution < 1.29 is 8.83 Å². The first-order valence-corrected chi connectivity index (χ1v) is 17.1. The van der Waals surface area contributed by atoms with E-state index in [2.05, 4.69) is 132 Å². The summed E-state index contributed by atoms with van der Waals surface area (Å²) in [5.41, 5.74) is 11.9. The molecule has 10 rings (SSSR count). The second kappa shape index (κ2) is 11.9. The van der Waals surface area contributed by atoms with E-state index in [9.17, 15) is 0 Å². The van der Waals surface area contributed by atoms with Crippen molar-refractivity contribution in [2.75, 3.05) is 4.90 Å². The SMILES string of the molecule is c1ccc(-c2nc3c(-c4ccc(N(c5cccc(-c6ccc7ccccc7c6)c5)c5ccc6oc7ccccc7c6c5)cc4)cccc3o2)cc1. The molecule has 4 heteroatoms. The van der Waals surface area contributed by atoms with Crippen molar-refractivity contribution in [1.82, 2.24) is 4.98 Å². The Morgan fingerprint density at radius 3 is 1.94 bits per heavy atom. The molecule has 0 fully saturated rings. The molecule has 51 heavy (non-hydrogen) atoms. The fourth-order valence-electron chi connectivity index (χ4n) is 7.17. The molecule has 0 unspecified atom stereocenters. The Morgan fingerprint density at radius 2 is 1.04 bits per heavy atom. The summed E-state index contributed by atoms with van der Waals surface area (Å²) in [6.07, 6.45) is 0. The molecule has 240 valence electrons. The van der Waals surface area contributed by atoms with Crippen molar-refractivity contribution in [3.63, 3.8) is 0 Å². The predicted octanol–water partition coefficient (Wildman–Crippen LogP) is 13.4. The molecule has 0 amide bonds. The zero-order valence-electron chi connectivity index (χ0n) is 27.5. The average Bonchev–Trinajstić information content (AvgIpc) is 3.81. The molecule has 0 atom stereocenters. The maximum Gasteiger partial charge on any atom is 0.227 e. The highest BCUT2D eigenvalue weighted by Gasteiger charge is 2.18. The number of furan rings is 1. The summed E-state index contributed by atoms with van der Waals surface area (Å²) in [6, 6.07) is 63.5. The molecule has 8 aromatic carbocycles. The number of aromatic nitrogens is 1. The van der Waals surface area contributed by atoms with Crippen LogP contribution >= 0.6 is 0 Å². The van der Waals surface area contributed by atoms with Crippen molar-refractivity contribution in [1.29, 1.82) is 0 Å². The maximum absolute atomic E-state index is 6.21. The van der Waals surface area contributed by atoms with Gasteiger partial charge in [-0.15, -0.1) is 0 Å². The number of rotatable bonds is 6. The van der Waals surface area contributed by atoms with Crippen LogP contribution in [0, 0.1) is 0 Å². The lowest BCUT2D eigenvalue weighted by Crippen LogP contribution is -2.10. The minimum Gasteiger partial charge on any atom is -0.456 e. The van der Waals surface area contributed by atoms with Crippen LogP contribution in [-0.2, 0) is 0 Å². The smallest absolute Gasteiger partial charge is 0.227 e. The van der Waals surface area contributed by atoms with E-state index in [-0.39, 0.29) is 0 Å². The number of fused-ring (bicyclic) bond motifs is 5. The van der Waals surface area contributed by atoms with Crippen molar-refractivity contribution >= 4 is 60.9 Å². The van der Waals surface area contributed by atoms with E-state index < -0.39 is 0 Å². The first-order valence-electron chi connectivity index (χ1n) is 17.1. The number of para-hydroxylation sites is 2. The number of benzene rings is 8. The van der Waals surface area contributed by atoms with Gasteiger partial charge in [-0.1, -0.05) is 109 Å². The van der Waals surface area contributed by atoms with Crippen LogP contribution < -0.4 is 4.90 Å². The molecular weight excluding hydrogens is 625 g/mol. The lowest BCUT2D eigenvalue weighted by atomic mass is 10.00. The van der Waals surface area contributed by atoms with Crippen molar-refractivity contribution in [3.8, 4) is 33.7 Å². The number of anilines is 3. The Bertz CT molecular complexity index is 2870. The van der Waals surface area contributed by atoms with Crippen LogP contribution in [0.15, 0.2) is 191 Å². The molecule has 4 nitrogen and oxygen atoms in total. The van der Waals surface area contributed by atoms with E-state index in [1.54, 1.807) is 0 Å². The fraction of sp³-hybridized carbons (Fsp3) is 0. The first-order chi connectivity index (χ1) is 25.2. The van der Waals surface area contributed by atoms with E-state index in [0.717, 1.165) is 72.4 Å². The molecule has 0 saturated carbocycles. The third kappa shape index (κ3) is 5.13. The minimum atomic E-state index is 0.620. The van der Waals surface area contributed by atoms with Gasteiger partial charge in [0.25, 0.3) is 0 Å². The Kier molecular flexibility index (Phi) is 6.78. The maximum atomic E-state index is 6.21. The third-order valence-corrected chi connectivity index (χ3v) is 9.68. The Hall–Kier alpha value is -6.91. The second-order valence-corrected chi connectivity index (χ2v) is 12.8. The van der Waals surface area contributed by atoms with Crippen LogP contribution in [0.2, 0.25) is 0 Å². The molecule has 0 radical (unpaired) electrons. The molecule has 0 saturated heterocycles. The van der Waals surface area contributed by atoms with Crippen LogP contribution in [0.1, 0.15) is 0 Å². The van der Waals surface area contributed by atoms with E-state index in [1.165, 1.54) is 16.3 Å². The van der Waals surface area contributed by atoms with E-state index >= 15 is 0 Å². The summed E-state index contributed by atoms with van der Waals surface area (Å²) in [4.78, 5) is 7.25. The summed E-state index contributed by atoms with van der Waals surface area (Å²) < 4.78 is 12.4. The molecule has 0 N–H and O–H groups in total. The summed E-state index contributed by atoms with van der Waals surface area (Å²) in [6.45, 7) is 0. The molecule has 2 aromatic heterocycles. The van der Waals surface area contributed by atoms with Crippen LogP contribution in [0.5, 0.6) is 0 Å². The minimum absolute atomic E-state index is 0.620. The Labute approximate surface area is 294 Å². The van der Waals surface area contributed by atoms with Crippen LogP contribution in [0.4, 0.5) is 17.1 Å². The standard InChI is InChI=1S/C47H30N2O2/c1-2-11-33(12-3-1)47-48-46-40(17-9-19-45(46)51-47)32-22-24-37(25-23-32)49(39-26-27-44-42(30-39)41-16-6-7-18-43(41)50-44)38-15-8-14-35(29-38)36-21-20-31-10-4-5-13-34(31)28-36/h1-30H. The molecule has 0 spiro atoms. The van der Waals surface area contributed by atoms with Gasteiger partial charge in [0.15, 0.2) is 5.58 Å². The van der Waals surface area contributed by atoms with Gasteiger partial charge in [0, 0.05) is 39.0 Å². The van der Waals surface area contributed by atoms with Crippen LogP contribution in [-0.4, -0.2) is 4.98 Å². The van der Waals surface area contributed by atoms with Gasteiger partial charge in [-0.05, 0) is 100 Å². The highest BCUT2D eigenvalue weighted by atomic mass is 16.3. The zero-order valence-corrected chi connectivity index (χ0v) is 27.5. The molecule has 0 aliphatic heterocycles. The largest absolute Gasteiger partial charge is 0.456 e. The topological polar surface area (TPSA) is 42.4 Å². The summed E-state index contributed by atoms with van der Waals surface area (Å²) >= 11 is 0.